The van der Waals surface area contributed by atoms with Gasteiger partial charge in [-0.1, -0.05) is 13.8 Å². The molecule has 1 rings (SSSR count). The lowest BCUT2D eigenvalue weighted by atomic mass is 9.95. The Morgan fingerprint density at radius 2 is 2.06 bits per heavy atom. The molecule has 0 bridgehead atoms. The van der Waals surface area contributed by atoms with E-state index in [0.29, 0.717) is 19.3 Å². The summed E-state index contributed by atoms with van der Waals surface area (Å²) in [6, 6.07) is -0.0483. The molecule has 1 fully saturated rings. The number of nitrogens with one attached hydrogen (secondary N) is 1. The van der Waals surface area contributed by atoms with Crippen molar-refractivity contribution in [1.82, 2.24) is 5.32 Å². The standard InChI is InChI=1S/C14H21NO3/c1-4-6-10(5-2)15-13(16)11-7-9(3)8-12(11)14(17)18/h1,9-12H,5-8H2,2-3H3,(H,15,16)(H,17,18). The molecule has 4 atom stereocenters. The predicted octanol–water partition coefficient (Wildman–Crippen LogP) is 1.65. The minimum atomic E-state index is -0.871. The van der Waals surface area contributed by atoms with Crippen LogP contribution >= 0.6 is 0 Å². The van der Waals surface area contributed by atoms with Crippen molar-refractivity contribution in [2.45, 2.75) is 45.6 Å². The average Bonchev–Trinajstić information content (AvgIpc) is 2.71. The van der Waals surface area contributed by atoms with Crippen molar-refractivity contribution >= 4 is 11.9 Å². The van der Waals surface area contributed by atoms with Crippen LogP contribution in [0, 0.1) is 30.1 Å². The zero-order valence-corrected chi connectivity index (χ0v) is 11.0. The second-order valence-electron chi connectivity index (χ2n) is 5.15. The maximum atomic E-state index is 12.1. The Labute approximate surface area is 108 Å². The normalized spacial score (nSPS) is 28.4. The SMILES string of the molecule is C#CCC(CC)NC(=O)C1CC(C)CC1C(=O)O. The number of aliphatic carboxylic acids is 1. The van der Waals surface area contributed by atoms with Gasteiger partial charge in [0.15, 0.2) is 0 Å². The minimum Gasteiger partial charge on any atom is -0.481 e. The highest BCUT2D eigenvalue weighted by Gasteiger charge is 2.41. The summed E-state index contributed by atoms with van der Waals surface area (Å²) in [7, 11) is 0. The van der Waals surface area contributed by atoms with Crippen LogP contribution in [0.1, 0.15) is 39.5 Å². The quantitative estimate of drug-likeness (QED) is 0.730. The molecule has 4 heteroatoms. The first-order chi connectivity index (χ1) is 8.49. The van der Waals surface area contributed by atoms with Crippen LogP contribution in [0.2, 0.25) is 0 Å². The maximum absolute atomic E-state index is 12.1. The summed E-state index contributed by atoms with van der Waals surface area (Å²) in [5.41, 5.74) is 0. The Bertz CT molecular complexity index is 359. The van der Waals surface area contributed by atoms with Crippen molar-refractivity contribution in [1.29, 1.82) is 0 Å². The molecule has 0 aliphatic heterocycles. The fourth-order valence-corrected chi connectivity index (χ4v) is 2.60. The Morgan fingerprint density at radius 1 is 1.44 bits per heavy atom. The van der Waals surface area contributed by atoms with Gasteiger partial charge in [-0.05, 0) is 25.2 Å². The number of carboxylic acids is 1. The van der Waals surface area contributed by atoms with Gasteiger partial charge < -0.3 is 10.4 Å². The van der Waals surface area contributed by atoms with Crippen LogP contribution in [0.3, 0.4) is 0 Å². The van der Waals surface area contributed by atoms with Crippen molar-refractivity contribution < 1.29 is 14.7 Å². The lowest BCUT2D eigenvalue weighted by Crippen LogP contribution is -2.41. The first-order valence-corrected chi connectivity index (χ1v) is 6.46. The van der Waals surface area contributed by atoms with E-state index >= 15 is 0 Å². The lowest BCUT2D eigenvalue weighted by Gasteiger charge is -2.20. The summed E-state index contributed by atoms with van der Waals surface area (Å²) in [5, 5.41) is 12.0. The molecular weight excluding hydrogens is 230 g/mol. The molecule has 0 heterocycles. The number of carbonyl (C=O) groups excluding carboxylic acids is 1. The monoisotopic (exact) mass is 251 g/mol. The molecule has 4 unspecified atom stereocenters. The van der Waals surface area contributed by atoms with Gasteiger partial charge >= 0.3 is 5.97 Å². The maximum Gasteiger partial charge on any atom is 0.307 e. The summed E-state index contributed by atoms with van der Waals surface area (Å²) in [5.74, 6) is 0.819. The van der Waals surface area contributed by atoms with Gasteiger partial charge in [0.1, 0.15) is 0 Å². The van der Waals surface area contributed by atoms with Gasteiger partial charge in [-0.2, -0.15) is 0 Å². The van der Waals surface area contributed by atoms with Crippen LogP contribution in [0.25, 0.3) is 0 Å². The summed E-state index contributed by atoms with van der Waals surface area (Å²) < 4.78 is 0. The van der Waals surface area contributed by atoms with E-state index in [1.807, 2.05) is 13.8 Å². The van der Waals surface area contributed by atoms with Gasteiger partial charge in [-0.3, -0.25) is 9.59 Å². The molecule has 18 heavy (non-hydrogen) atoms. The zero-order chi connectivity index (χ0) is 13.7. The molecule has 1 aliphatic rings. The third-order valence-electron chi connectivity index (χ3n) is 3.66. The van der Waals surface area contributed by atoms with Crippen molar-refractivity contribution in [3.05, 3.63) is 0 Å². The van der Waals surface area contributed by atoms with Gasteiger partial charge in [0, 0.05) is 12.5 Å². The van der Waals surface area contributed by atoms with Crippen molar-refractivity contribution in [2.24, 2.45) is 17.8 Å². The van der Waals surface area contributed by atoms with Gasteiger partial charge in [0.2, 0.25) is 5.91 Å². The summed E-state index contributed by atoms with van der Waals surface area (Å²) in [6.07, 6.45) is 7.72. The molecular formula is C14H21NO3. The molecule has 1 amide bonds. The fraction of sp³-hybridized carbons (Fsp3) is 0.714. The van der Waals surface area contributed by atoms with E-state index in [1.54, 1.807) is 0 Å². The lowest BCUT2D eigenvalue weighted by molar-refractivity contribution is -0.146. The van der Waals surface area contributed by atoms with Gasteiger partial charge in [-0.25, -0.2) is 0 Å². The first-order valence-electron chi connectivity index (χ1n) is 6.46. The first kappa shape index (κ1) is 14.6. The zero-order valence-electron chi connectivity index (χ0n) is 11.0. The number of rotatable bonds is 5. The molecule has 2 N–H and O–H groups in total. The van der Waals surface area contributed by atoms with Crippen LogP contribution in [-0.4, -0.2) is 23.0 Å². The van der Waals surface area contributed by atoms with Crippen molar-refractivity contribution in [2.75, 3.05) is 0 Å². The Balaban J connectivity index is 2.65. The largest absolute Gasteiger partial charge is 0.481 e. The van der Waals surface area contributed by atoms with Crippen LogP contribution in [0.4, 0.5) is 0 Å². The predicted molar refractivity (Wildman–Crippen MR) is 68.7 cm³/mol. The summed E-state index contributed by atoms with van der Waals surface area (Å²) in [6.45, 7) is 3.94. The molecule has 0 spiro atoms. The highest BCUT2D eigenvalue weighted by Crippen LogP contribution is 2.36. The number of hydrogen-bond donors (Lipinski definition) is 2. The van der Waals surface area contributed by atoms with Crippen molar-refractivity contribution in [3.8, 4) is 12.3 Å². The Morgan fingerprint density at radius 3 is 2.56 bits per heavy atom. The van der Waals surface area contributed by atoms with Crippen molar-refractivity contribution in [3.63, 3.8) is 0 Å². The molecule has 0 aromatic rings. The van der Waals surface area contributed by atoms with Crippen LogP contribution in [-0.2, 0) is 9.59 Å². The molecule has 0 aromatic heterocycles. The average molecular weight is 251 g/mol. The van der Waals surface area contributed by atoms with Crippen LogP contribution < -0.4 is 5.32 Å². The third kappa shape index (κ3) is 3.49. The van der Waals surface area contributed by atoms with E-state index in [4.69, 9.17) is 11.5 Å². The number of carboxylic acid groups (broad SMARTS) is 1. The number of hydrogen-bond acceptors (Lipinski definition) is 2. The molecule has 1 aliphatic carbocycles. The van der Waals surface area contributed by atoms with Gasteiger partial charge in [-0.15, -0.1) is 12.3 Å². The van der Waals surface area contributed by atoms with Gasteiger partial charge in [0.25, 0.3) is 0 Å². The fourth-order valence-electron chi connectivity index (χ4n) is 2.60. The smallest absolute Gasteiger partial charge is 0.307 e. The molecule has 0 aromatic carbocycles. The molecule has 4 nitrogen and oxygen atoms in total. The van der Waals surface area contributed by atoms with E-state index in [1.165, 1.54) is 0 Å². The topological polar surface area (TPSA) is 66.4 Å². The highest BCUT2D eigenvalue weighted by atomic mass is 16.4. The number of terminal acetylenes is 1. The second kappa shape index (κ2) is 6.44. The number of amides is 1. The summed E-state index contributed by atoms with van der Waals surface area (Å²) >= 11 is 0. The van der Waals surface area contributed by atoms with E-state index < -0.39 is 17.8 Å². The Kier molecular flexibility index (Phi) is 5.21. The van der Waals surface area contributed by atoms with E-state index in [9.17, 15) is 9.59 Å². The highest BCUT2D eigenvalue weighted by molar-refractivity contribution is 5.85. The van der Waals surface area contributed by atoms with Crippen LogP contribution in [0.15, 0.2) is 0 Å². The van der Waals surface area contributed by atoms with E-state index in [-0.39, 0.29) is 17.9 Å². The third-order valence-corrected chi connectivity index (χ3v) is 3.66. The molecule has 1 saturated carbocycles. The van der Waals surface area contributed by atoms with Gasteiger partial charge in [0.05, 0.1) is 11.8 Å². The molecule has 100 valence electrons. The van der Waals surface area contributed by atoms with Crippen LogP contribution in [0.5, 0.6) is 0 Å². The van der Waals surface area contributed by atoms with E-state index in [0.717, 1.165) is 6.42 Å². The number of carbonyl (C=O) groups is 2. The molecule has 0 radical (unpaired) electrons. The summed E-state index contributed by atoms with van der Waals surface area (Å²) in [4.78, 5) is 23.2. The molecule has 0 saturated heterocycles. The Hall–Kier alpha value is -1.50. The van der Waals surface area contributed by atoms with E-state index in [2.05, 4.69) is 11.2 Å². The second-order valence-corrected chi connectivity index (χ2v) is 5.15. The minimum absolute atomic E-state index is 0.0483.